The lowest BCUT2D eigenvalue weighted by molar-refractivity contribution is -0.140. The van der Waals surface area contributed by atoms with Gasteiger partial charge in [0.15, 0.2) is 11.6 Å². The number of hydrogen-bond acceptors (Lipinski definition) is 5. The Morgan fingerprint density at radius 1 is 1.19 bits per heavy atom. The predicted molar refractivity (Wildman–Crippen MR) is 114 cm³/mol. The molecule has 1 aromatic heterocycles. The fraction of sp³-hybridized carbons (Fsp3) is 0.130. The number of ketones is 1. The number of carbonyl (C=O) groups is 2. The highest BCUT2D eigenvalue weighted by molar-refractivity contribution is 9.10. The number of carbonyl (C=O) groups excluding carboxylic acids is 2. The number of ether oxygens (including phenoxy) is 1. The Morgan fingerprint density at radius 3 is 2.65 bits per heavy atom. The molecule has 1 fully saturated rings. The van der Waals surface area contributed by atoms with E-state index < -0.39 is 29.3 Å². The van der Waals surface area contributed by atoms with Crippen molar-refractivity contribution in [3.05, 3.63) is 93.6 Å². The number of hydrogen-bond donors (Lipinski definition) is 1. The Bertz CT molecular complexity index is 1190. The minimum absolute atomic E-state index is 0.00152. The van der Waals surface area contributed by atoms with E-state index in [1.165, 1.54) is 30.4 Å². The summed E-state index contributed by atoms with van der Waals surface area (Å²) in [6.45, 7) is 0.0303. The molecular formula is C23H17BrFNO5. The molecule has 0 saturated carbocycles. The number of amides is 1. The number of likely N-dealkylation sites (tertiary alicyclic amines) is 1. The lowest BCUT2D eigenvalue weighted by Gasteiger charge is -2.24. The second-order valence-electron chi connectivity index (χ2n) is 6.91. The summed E-state index contributed by atoms with van der Waals surface area (Å²) in [4.78, 5) is 27.2. The van der Waals surface area contributed by atoms with Crippen molar-refractivity contribution in [1.29, 1.82) is 0 Å². The smallest absolute Gasteiger partial charge is 0.296 e. The van der Waals surface area contributed by atoms with Gasteiger partial charge < -0.3 is 19.2 Å². The summed E-state index contributed by atoms with van der Waals surface area (Å²) >= 11 is 3.40. The van der Waals surface area contributed by atoms with E-state index in [-0.39, 0.29) is 23.4 Å². The van der Waals surface area contributed by atoms with E-state index in [2.05, 4.69) is 15.9 Å². The van der Waals surface area contributed by atoms with Gasteiger partial charge in [0.25, 0.3) is 11.7 Å². The summed E-state index contributed by atoms with van der Waals surface area (Å²) in [5.41, 5.74) is 0.546. The van der Waals surface area contributed by atoms with Crippen molar-refractivity contribution in [2.24, 2.45) is 0 Å². The standard InChI is InChI=1S/C23H17BrFNO5/c1-30-18-8-7-14(11-17(18)25)21(27)19-20(13-4-2-5-15(24)10-13)26(23(29)22(19)28)12-16-6-3-9-31-16/h2-11,20,27H,12H2,1H3. The Labute approximate surface area is 185 Å². The fourth-order valence-electron chi connectivity index (χ4n) is 3.61. The van der Waals surface area contributed by atoms with Crippen LogP contribution in [0.5, 0.6) is 5.75 Å². The van der Waals surface area contributed by atoms with Gasteiger partial charge >= 0.3 is 0 Å². The molecule has 4 rings (SSSR count). The highest BCUT2D eigenvalue weighted by Crippen LogP contribution is 2.41. The average molecular weight is 486 g/mol. The predicted octanol–water partition coefficient (Wildman–Crippen LogP) is 4.81. The summed E-state index contributed by atoms with van der Waals surface area (Å²) in [7, 11) is 1.32. The molecule has 1 aliphatic rings. The van der Waals surface area contributed by atoms with Crippen molar-refractivity contribution >= 4 is 33.4 Å². The third-order valence-electron chi connectivity index (χ3n) is 5.04. The van der Waals surface area contributed by atoms with E-state index in [0.717, 1.165) is 10.5 Å². The summed E-state index contributed by atoms with van der Waals surface area (Å²) < 4.78 is 25.2. The van der Waals surface area contributed by atoms with Gasteiger partial charge in [-0.05, 0) is 48.0 Å². The average Bonchev–Trinajstić information content (AvgIpc) is 3.35. The number of halogens is 2. The van der Waals surface area contributed by atoms with Crippen molar-refractivity contribution in [1.82, 2.24) is 4.90 Å². The number of Topliss-reactive ketones (excluding diaryl/α,β-unsaturated/α-hetero) is 1. The van der Waals surface area contributed by atoms with Gasteiger partial charge in [-0.1, -0.05) is 28.1 Å². The normalized spacial score (nSPS) is 17.9. The Hall–Kier alpha value is -3.39. The zero-order valence-electron chi connectivity index (χ0n) is 16.3. The van der Waals surface area contributed by atoms with Crippen LogP contribution in [0.15, 0.2) is 75.3 Å². The minimum Gasteiger partial charge on any atom is -0.507 e. The molecule has 2 heterocycles. The maximum absolute atomic E-state index is 14.2. The third-order valence-corrected chi connectivity index (χ3v) is 5.53. The maximum atomic E-state index is 14.2. The van der Waals surface area contributed by atoms with Crippen molar-refractivity contribution in [3.8, 4) is 5.75 Å². The Morgan fingerprint density at radius 2 is 2.00 bits per heavy atom. The molecule has 158 valence electrons. The van der Waals surface area contributed by atoms with Gasteiger partial charge in [0.1, 0.15) is 11.5 Å². The second kappa shape index (κ2) is 8.39. The quantitative estimate of drug-likeness (QED) is 0.318. The lowest BCUT2D eigenvalue weighted by atomic mass is 9.95. The molecule has 3 aromatic rings. The molecule has 0 aliphatic carbocycles. The topological polar surface area (TPSA) is 80.0 Å². The van der Waals surface area contributed by atoms with Gasteiger partial charge in [-0.3, -0.25) is 9.59 Å². The Kier molecular flexibility index (Phi) is 5.65. The molecule has 1 atom stereocenters. The van der Waals surface area contributed by atoms with E-state index in [0.29, 0.717) is 11.3 Å². The van der Waals surface area contributed by atoms with E-state index in [1.807, 2.05) is 0 Å². The third kappa shape index (κ3) is 3.86. The van der Waals surface area contributed by atoms with Crippen LogP contribution >= 0.6 is 15.9 Å². The highest BCUT2D eigenvalue weighted by Gasteiger charge is 2.46. The van der Waals surface area contributed by atoms with Gasteiger partial charge in [0, 0.05) is 10.0 Å². The molecular weight excluding hydrogens is 469 g/mol. The number of aliphatic hydroxyl groups excluding tert-OH is 1. The molecule has 1 N–H and O–H groups in total. The van der Waals surface area contributed by atoms with E-state index in [4.69, 9.17) is 9.15 Å². The van der Waals surface area contributed by atoms with Crippen LogP contribution in [0.4, 0.5) is 4.39 Å². The first-order chi connectivity index (χ1) is 14.9. The number of nitrogens with zero attached hydrogens (tertiary/aromatic N) is 1. The summed E-state index contributed by atoms with van der Waals surface area (Å²) in [6, 6.07) is 13.4. The second-order valence-corrected chi connectivity index (χ2v) is 7.83. The van der Waals surface area contributed by atoms with Crippen molar-refractivity contribution in [2.75, 3.05) is 7.11 Å². The molecule has 0 radical (unpaired) electrons. The fourth-order valence-corrected chi connectivity index (χ4v) is 4.02. The molecule has 0 spiro atoms. The van der Waals surface area contributed by atoms with Crippen LogP contribution in [0.1, 0.15) is 22.9 Å². The van der Waals surface area contributed by atoms with Crippen molar-refractivity contribution in [2.45, 2.75) is 12.6 Å². The van der Waals surface area contributed by atoms with E-state index in [1.54, 1.807) is 36.4 Å². The molecule has 0 bridgehead atoms. The van der Waals surface area contributed by atoms with Crippen LogP contribution in [0.25, 0.3) is 5.76 Å². The number of benzene rings is 2. The van der Waals surface area contributed by atoms with Crippen LogP contribution in [-0.4, -0.2) is 28.8 Å². The zero-order chi connectivity index (χ0) is 22.1. The number of furan rings is 1. The van der Waals surface area contributed by atoms with Crippen LogP contribution in [-0.2, 0) is 16.1 Å². The Balaban J connectivity index is 1.87. The summed E-state index contributed by atoms with van der Waals surface area (Å²) in [6.07, 6.45) is 1.47. The minimum atomic E-state index is -0.882. The van der Waals surface area contributed by atoms with Crippen LogP contribution in [0.3, 0.4) is 0 Å². The highest BCUT2D eigenvalue weighted by atomic mass is 79.9. The number of methoxy groups -OCH3 is 1. The first kappa shape index (κ1) is 20.9. The summed E-state index contributed by atoms with van der Waals surface area (Å²) in [5, 5.41) is 11.0. The van der Waals surface area contributed by atoms with Gasteiger partial charge in [0.05, 0.1) is 31.5 Å². The SMILES string of the molecule is COc1ccc(C(O)=C2C(=O)C(=O)N(Cc3ccco3)C2c2cccc(Br)c2)cc1F. The zero-order valence-corrected chi connectivity index (χ0v) is 17.9. The molecule has 8 heteroatoms. The van der Waals surface area contributed by atoms with Crippen molar-refractivity contribution in [3.63, 3.8) is 0 Å². The molecule has 1 saturated heterocycles. The first-order valence-corrected chi connectivity index (χ1v) is 10.1. The van der Waals surface area contributed by atoms with E-state index in [9.17, 15) is 19.1 Å². The van der Waals surface area contributed by atoms with Crippen molar-refractivity contribution < 1.29 is 28.2 Å². The largest absolute Gasteiger partial charge is 0.507 e. The maximum Gasteiger partial charge on any atom is 0.296 e. The van der Waals surface area contributed by atoms with E-state index >= 15 is 0 Å². The lowest BCUT2D eigenvalue weighted by Crippen LogP contribution is -2.29. The van der Waals surface area contributed by atoms with Gasteiger partial charge in [-0.25, -0.2) is 4.39 Å². The monoisotopic (exact) mass is 485 g/mol. The van der Waals surface area contributed by atoms with Crippen LogP contribution in [0.2, 0.25) is 0 Å². The van der Waals surface area contributed by atoms with Crippen LogP contribution < -0.4 is 4.74 Å². The molecule has 1 amide bonds. The van der Waals surface area contributed by atoms with Gasteiger partial charge in [-0.15, -0.1) is 0 Å². The summed E-state index contributed by atoms with van der Waals surface area (Å²) in [5.74, 6) is -2.32. The van der Waals surface area contributed by atoms with Gasteiger partial charge in [-0.2, -0.15) is 0 Å². The first-order valence-electron chi connectivity index (χ1n) is 9.31. The van der Waals surface area contributed by atoms with Crippen LogP contribution in [0, 0.1) is 5.82 Å². The van der Waals surface area contributed by atoms with Gasteiger partial charge in [0.2, 0.25) is 0 Å². The molecule has 6 nitrogen and oxygen atoms in total. The molecule has 1 unspecified atom stereocenters. The molecule has 2 aromatic carbocycles. The number of rotatable bonds is 5. The molecule has 1 aliphatic heterocycles. The molecule has 31 heavy (non-hydrogen) atoms. The number of aliphatic hydroxyl groups is 1.